The first-order valence-electron chi connectivity index (χ1n) is 8.54. The van der Waals surface area contributed by atoms with Crippen LogP contribution in [-0.2, 0) is 6.54 Å². The highest BCUT2D eigenvalue weighted by Crippen LogP contribution is 2.22. The van der Waals surface area contributed by atoms with Crippen LogP contribution < -0.4 is 0 Å². The van der Waals surface area contributed by atoms with Crippen LogP contribution in [0, 0.1) is 13.8 Å². The second-order valence-electron chi connectivity index (χ2n) is 6.54. The van der Waals surface area contributed by atoms with Gasteiger partial charge in [0.1, 0.15) is 0 Å². The van der Waals surface area contributed by atoms with E-state index in [9.17, 15) is 0 Å². The Balaban J connectivity index is 1.56. The van der Waals surface area contributed by atoms with Crippen molar-refractivity contribution in [2.45, 2.75) is 20.4 Å². The fourth-order valence-corrected chi connectivity index (χ4v) is 3.54. The van der Waals surface area contributed by atoms with Crippen molar-refractivity contribution in [2.24, 2.45) is 5.10 Å². The molecule has 0 bridgehead atoms. The molecule has 0 aromatic heterocycles. The standard InChI is InChI=1S/C20H23Cl2N3/c1-15-6-7-17(16(2)12-15)14-24-8-10-25(11-9-24)23-13-18-19(21)4-3-5-20(18)22/h3-7,12-13H,8-11,14H2,1-2H3/b23-13+. The highest BCUT2D eigenvalue weighted by atomic mass is 35.5. The minimum atomic E-state index is 0.629. The molecule has 0 spiro atoms. The maximum Gasteiger partial charge on any atom is 0.0572 e. The van der Waals surface area contributed by atoms with Gasteiger partial charge in [-0.3, -0.25) is 9.91 Å². The van der Waals surface area contributed by atoms with E-state index in [1.807, 2.05) is 18.2 Å². The van der Waals surface area contributed by atoms with E-state index in [1.54, 1.807) is 6.21 Å². The second-order valence-corrected chi connectivity index (χ2v) is 7.35. The molecule has 0 atom stereocenters. The van der Waals surface area contributed by atoms with Gasteiger partial charge in [-0.15, -0.1) is 0 Å². The molecule has 0 N–H and O–H groups in total. The summed E-state index contributed by atoms with van der Waals surface area (Å²) in [6.45, 7) is 9.14. The fourth-order valence-electron chi connectivity index (χ4n) is 3.05. The Labute approximate surface area is 159 Å². The molecule has 1 aliphatic rings. The van der Waals surface area contributed by atoms with Gasteiger partial charge < -0.3 is 0 Å². The number of benzene rings is 2. The van der Waals surface area contributed by atoms with Crippen molar-refractivity contribution >= 4 is 29.4 Å². The van der Waals surface area contributed by atoms with E-state index in [0.717, 1.165) is 38.3 Å². The van der Waals surface area contributed by atoms with Crippen molar-refractivity contribution in [3.8, 4) is 0 Å². The highest BCUT2D eigenvalue weighted by Gasteiger charge is 2.16. The molecular formula is C20H23Cl2N3. The first kappa shape index (κ1) is 18.2. The summed E-state index contributed by atoms with van der Waals surface area (Å²) in [5.41, 5.74) is 4.88. The van der Waals surface area contributed by atoms with Gasteiger partial charge in [-0.25, -0.2) is 0 Å². The van der Waals surface area contributed by atoms with Crippen molar-refractivity contribution < 1.29 is 0 Å². The summed E-state index contributed by atoms with van der Waals surface area (Å²) < 4.78 is 0. The number of aryl methyl sites for hydroxylation is 2. The van der Waals surface area contributed by atoms with E-state index in [2.05, 4.69) is 47.1 Å². The van der Waals surface area contributed by atoms with Gasteiger partial charge in [-0.2, -0.15) is 5.10 Å². The summed E-state index contributed by atoms with van der Waals surface area (Å²) in [6.07, 6.45) is 1.77. The van der Waals surface area contributed by atoms with E-state index in [4.69, 9.17) is 23.2 Å². The second kappa shape index (κ2) is 8.22. The molecule has 132 valence electrons. The summed E-state index contributed by atoms with van der Waals surface area (Å²) in [7, 11) is 0. The number of hydrogen-bond donors (Lipinski definition) is 0. The van der Waals surface area contributed by atoms with Gasteiger partial charge in [0.05, 0.1) is 16.3 Å². The Morgan fingerprint density at radius 3 is 2.32 bits per heavy atom. The number of piperazine rings is 1. The maximum absolute atomic E-state index is 6.18. The Bertz CT molecular complexity index is 745. The zero-order valence-electron chi connectivity index (χ0n) is 14.7. The Morgan fingerprint density at radius 2 is 1.68 bits per heavy atom. The first-order chi connectivity index (χ1) is 12.0. The van der Waals surface area contributed by atoms with Crippen molar-refractivity contribution in [2.75, 3.05) is 26.2 Å². The first-order valence-corrected chi connectivity index (χ1v) is 9.30. The minimum Gasteiger partial charge on any atom is -0.295 e. The molecule has 3 rings (SSSR count). The smallest absolute Gasteiger partial charge is 0.0572 e. The lowest BCUT2D eigenvalue weighted by Crippen LogP contribution is -2.43. The van der Waals surface area contributed by atoms with Crippen molar-refractivity contribution in [1.29, 1.82) is 0 Å². The molecule has 5 heteroatoms. The van der Waals surface area contributed by atoms with Crippen molar-refractivity contribution in [1.82, 2.24) is 9.91 Å². The predicted octanol–water partition coefficient (Wildman–Crippen LogP) is 4.76. The van der Waals surface area contributed by atoms with Crippen LogP contribution in [-0.4, -0.2) is 42.3 Å². The molecule has 3 nitrogen and oxygen atoms in total. The van der Waals surface area contributed by atoms with E-state index >= 15 is 0 Å². The third-order valence-corrected chi connectivity index (χ3v) is 5.25. The number of nitrogens with zero attached hydrogens (tertiary/aromatic N) is 3. The molecule has 1 heterocycles. The lowest BCUT2D eigenvalue weighted by molar-refractivity contribution is 0.131. The number of hydrogen-bond acceptors (Lipinski definition) is 3. The summed E-state index contributed by atoms with van der Waals surface area (Å²) in [4.78, 5) is 2.48. The maximum atomic E-state index is 6.18. The van der Waals surface area contributed by atoms with Crippen molar-refractivity contribution in [3.63, 3.8) is 0 Å². The van der Waals surface area contributed by atoms with Crippen LogP contribution in [0.25, 0.3) is 0 Å². The summed E-state index contributed by atoms with van der Waals surface area (Å²) >= 11 is 12.4. The quantitative estimate of drug-likeness (QED) is 0.717. The van der Waals surface area contributed by atoms with Gasteiger partial charge >= 0.3 is 0 Å². The van der Waals surface area contributed by atoms with Gasteiger partial charge in [-0.05, 0) is 37.1 Å². The van der Waals surface area contributed by atoms with Crippen molar-refractivity contribution in [3.05, 3.63) is 68.7 Å². The molecule has 1 aliphatic heterocycles. The Hall–Kier alpha value is -1.55. The Kier molecular flexibility index (Phi) is 6.00. The molecule has 0 unspecified atom stereocenters. The van der Waals surface area contributed by atoms with Crippen LogP contribution in [0.1, 0.15) is 22.3 Å². The predicted molar refractivity (Wildman–Crippen MR) is 107 cm³/mol. The van der Waals surface area contributed by atoms with Gasteiger partial charge in [0.25, 0.3) is 0 Å². The van der Waals surface area contributed by atoms with Crippen LogP contribution in [0.5, 0.6) is 0 Å². The number of hydrazone groups is 1. The summed E-state index contributed by atoms with van der Waals surface area (Å²) in [5.74, 6) is 0. The monoisotopic (exact) mass is 375 g/mol. The summed E-state index contributed by atoms with van der Waals surface area (Å²) in [6, 6.07) is 12.2. The summed E-state index contributed by atoms with van der Waals surface area (Å²) in [5, 5.41) is 7.90. The normalized spacial score (nSPS) is 15.9. The molecule has 2 aromatic carbocycles. The van der Waals surface area contributed by atoms with Crippen LogP contribution in [0.4, 0.5) is 0 Å². The molecule has 25 heavy (non-hydrogen) atoms. The van der Waals surface area contributed by atoms with Gasteiger partial charge in [0.15, 0.2) is 0 Å². The van der Waals surface area contributed by atoms with Crippen LogP contribution in [0.3, 0.4) is 0 Å². The molecule has 2 aromatic rings. The zero-order valence-corrected chi connectivity index (χ0v) is 16.2. The van der Waals surface area contributed by atoms with Crippen LogP contribution in [0.15, 0.2) is 41.5 Å². The molecule has 0 radical (unpaired) electrons. The van der Waals surface area contributed by atoms with E-state index in [0.29, 0.717) is 10.0 Å². The highest BCUT2D eigenvalue weighted by molar-refractivity contribution is 6.38. The van der Waals surface area contributed by atoms with E-state index in [1.165, 1.54) is 16.7 Å². The largest absolute Gasteiger partial charge is 0.295 e. The molecule has 0 aliphatic carbocycles. The number of rotatable bonds is 4. The average Bonchev–Trinajstić information content (AvgIpc) is 2.58. The topological polar surface area (TPSA) is 18.8 Å². The number of halogens is 2. The SMILES string of the molecule is Cc1ccc(CN2CCN(/N=C/c3c(Cl)cccc3Cl)CC2)c(C)c1. The van der Waals surface area contributed by atoms with Gasteiger partial charge in [-0.1, -0.05) is 53.0 Å². The van der Waals surface area contributed by atoms with Crippen LogP contribution >= 0.6 is 23.2 Å². The average molecular weight is 376 g/mol. The molecule has 1 saturated heterocycles. The molecule has 0 saturated carbocycles. The zero-order chi connectivity index (χ0) is 17.8. The lowest BCUT2D eigenvalue weighted by Gasteiger charge is -2.33. The third-order valence-electron chi connectivity index (χ3n) is 4.59. The van der Waals surface area contributed by atoms with E-state index < -0.39 is 0 Å². The molecular weight excluding hydrogens is 353 g/mol. The van der Waals surface area contributed by atoms with Gasteiger partial charge in [0.2, 0.25) is 0 Å². The minimum absolute atomic E-state index is 0.629. The van der Waals surface area contributed by atoms with E-state index in [-0.39, 0.29) is 0 Å². The fraction of sp³-hybridized carbons (Fsp3) is 0.350. The Morgan fingerprint density at radius 1 is 1.00 bits per heavy atom. The van der Waals surface area contributed by atoms with Crippen LogP contribution in [0.2, 0.25) is 10.0 Å². The molecule has 0 amide bonds. The van der Waals surface area contributed by atoms with Gasteiger partial charge in [0, 0.05) is 38.3 Å². The molecule has 1 fully saturated rings. The lowest BCUT2D eigenvalue weighted by atomic mass is 10.1. The third kappa shape index (κ3) is 4.75.